The molecule has 198 valence electrons. The van der Waals surface area contributed by atoms with Gasteiger partial charge in [-0.15, -0.1) is 21.5 Å². The van der Waals surface area contributed by atoms with Crippen molar-refractivity contribution in [2.24, 2.45) is 0 Å². The summed E-state index contributed by atoms with van der Waals surface area (Å²) < 4.78 is 13.9. The highest BCUT2D eigenvalue weighted by Gasteiger charge is 2.23. The number of ether oxygens (including phenoxy) is 2. The largest absolute Gasteiger partial charge is 0.483 e. The van der Waals surface area contributed by atoms with Crippen LogP contribution in [0, 0.1) is 6.92 Å². The van der Waals surface area contributed by atoms with Gasteiger partial charge < -0.3 is 19.4 Å². The summed E-state index contributed by atoms with van der Waals surface area (Å²) in [6.07, 6.45) is -0.333. The van der Waals surface area contributed by atoms with Crippen LogP contribution in [0.25, 0.3) is 11.1 Å². The number of hydrogen-bond acceptors (Lipinski definition) is 8. The Kier molecular flexibility index (Phi) is 9.24. The molecule has 38 heavy (non-hydrogen) atoms. The monoisotopic (exact) mass is 614 g/mol. The number of aromatic nitrogens is 3. The summed E-state index contributed by atoms with van der Waals surface area (Å²) in [7, 11) is 1.33. The van der Waals surface area contributed by atoms with E-state index < -0.39 is 5.97 Å². The van der Waals surface area contributed by atoms with Gasteiger partial charge in [0.2, 0.25) is 5.91 Å². The molecule has 2 heterocycles. The fourth-order valence-electron chi connectivity index (χ4n) is 3.77. The number of carbonyl (C=O) groups excluding carboxylic acids is 2. The van der Waals surface area contributed by atoms with E-state index in [2.05, 4.69) is 31.4 Å². The van der Waals surface area contributed by atoms with Crippen molar-refractivity contribution in [1.82, 2.24) is 14.8 Å². The zero-order chi connectivity index (χ0) is 27.2. The third-order valence-corrected chi connectivity index (χ3v) is 8.07. The first-order chi connectivity index (χ1) is 18.3. The van der Waals surface area contributed by atoms with Gasteiger partial charge in [0.05, 0.1) is 12.9 Å². The number of aryl methyl sites for hydroxylation is 1. The maximum Gasteiger partial charge on any atom is 0.341 e. The molecule has 1 atom stereocenters. The van der Waals surface area contributed by atoms with Crippen molar-refractivity contribution in [3.8, 4) is 16.9 Å². The van der Waals surface area contributed by atoms with E-state index in [-0.39, 0.29) is 17.8 Å². The summed E-state index contributed by atoms with van der Waals surface area (Å²) in [5.41, 5.74) is 3.06. The number of methoxy groups -OCH3 is 1. The Hall–Kier alpha value is -3.15. The molecule has 2 aromatic heterocycles. The average Bonchev–Trinajstić information content (AvgIpc) is 3.52. The van der Waals surface area contributed by atoms with Gasteiger partial charge >= 0.3 is 5.97 Å². The smallest absolute Gasteiger partial charge is 0.341 e. The quantitative estimate of drug-likeness (QED) is 0.156. The Morgan fingerprint density at radius 3 is 2.50 bits per heavy atom. The summed E-state index contributed by atoms with van der Waals surface area (Å²) in [4.78, 5) is 25.5. The molecule has 0 fully saturated rings. The van der Waals surface area contributed by atoms with Crippen molar-refractivity contribution in [3.05, 3.63) is 75.3 Å². The lowest BCUT2D eigenvalue weighted by Gasteiger charge is -2.15. The summed E-state index contributed by atoms with van der Waals surface area (Å²) in [5, 5.41) is 14.4. The molecule has 2 aromatic carbocycles. The number of amides is 1. The minimum absolute atomic E-state index is 0.0957. The number of halogens is 1. The third-order valence-electron chi connectivity index (χ3n) is 5.68. The van der Waals surface area contributed by atoms with Crippen molar-refractivity contribution in [1.29, 1.82) is 0 Å². The highest BCUT2D eigenvalue weighted by atomic mass is 79.9. The minimum atomic E-state index is -0.500. The van der Waals surface area contributed by atoms with Crippen LogP contribution in [0.2, 0.25) is 0 Å². The molecular weight excluding hydrogens is 588 g/mol. The molecule has 1 unspecified atom stereocenters. The molecule has 1 amide bonds. The van der Waals surface area contributed by atoms with Crippen LogP contribution in [0.4, 0.5) is 5.00 Å². The molecule has 11 heteroatoms. The Labute approximate surface area is 237 Å². The van der Waals surface area contributed by atoms with Gasteiger partial charge in [-0.2, -0.15) is 0 Å². The molecule has 0 aliphatic heterocycles. The van der Waals surface area contributed by atoms with E-state index in [4.69, 9.17) is 9.47 Å². The van der Waals surface area contributed by atoms with Crippen LogP contribution in [-0.4, -0.2) is 39.5 Å². The summed E-state index contributed by atoms with van der Waals surface area (Å²) in [6.45, 7) is 6.53. The average molecular weight is 616 g/mol. The molecule has 1 N–H and O–H groups in total. The molecule has 0 spiro atoms. The lowest BCUT2D eigenvalue weighted by Crippen LogP contribution is -2.17. The van der Waals surface area contributed by atoms with Crippen molar-refractivity contribution >= 4 is 55.9 Å². The van der Waals surface area contributed by atoms with Crippen LogP contribution >= 0.6 is 39.0 Å². The number of esters is 1. The number of thiophene rings is 1. The summed E-state index contributed by atoms with van der Waals surface area (Å²) in [6, 6.07) is 15.4. The Bertz CT molecular complexity index is 1420. The summed E-state index contributed by atoms with van der Waals surface area (Å²) >= 11 is 5.99. The standard InChI is InChI=1S/C27H27BrN4O4S2/c1-5-32-24(17(3)36-20-12-10-19(28)11-13-20)30-31-27(32)38-15-22(33)29-25-23(26(34)35-4)21(14-37-25)18-8-6-16(2)7-9-18/h6-14,17H,5,15H2,1-4H3,(H,29,33). The first kappa shape index (κ1) is 27.9. The molecule has 0 radical (unpaired) electrons. The first-order valence-corrected chi connectivity index (χ1v) is 14.5. The van der Waals surface area contributed by atoms with E-state index in [1.165, 1.54) is 30.2 Å². The minimum Gasteiger partial charge on any atom is -0.483 e. The molecule has 0 bridgehead atoms. The van der Waals surface area contributed by atoms with Crippen LogP contribution in [0.1, 0.15) is 41.7 Å². The fourth-order valence-corrected chi connectivity index (χ4v) is 5.82. The van der Waals surface area contributed by atoms with Gasteiger partial charge in [0.25, 0.3) is 0 Å². The number of hydrogen-bond donors (Lipinski definition) is 1. The first-order valence-electron chi connectivity index (χ1n) is 11.9. The lowest BCUT2D eigenvalue weighted by molar-refractivity contribution is -0.113. The number of benzene rings is 2. The Morgan fingerprint density at radius 1 is 1.13 bits per heavy atom. The molecule has 8 nitrogen and oxygen atoms in total. The van der Waals surface area contributed by atoms with Gasteiger partial charge in [0.15, 0.2) is 17.1 Å². The predicted molar refractivity (Wildman–Crippen MR) is 154 cm³/mol. The lowest BCUT2D eigenvalue weighted by atomic mass is 10.0. The molecule has 0 aliphatic carbocycles. The number of nitrogens with zero attached hydrogens (tertiary/aromatic N) is 3. The molecule has 0 saturated carbocycles. The van der Waals surface area contributed by atoms with Crippen LogP contribution in [0.5, 0.6) is 5.75 Å². The Balaban J connectivity index is 1.45. The highest BCUT2D eigenvalue weighted by Crippen LogP contribution is 2.36. The van der Waals surface area contributed by atoms with Gasteiger partial charge in [-0.25, -0.2) is 4.79 Å². The van der Waals surface area contributed by atoms with Gasteiger partial charge in [-0.3, -0.25) is 4.79 Å². The molecule has 4 aromatic rings. The maximum atomic E-state index is 12.9. The maximum absolute atomic E-state index is 12.9. The second-order valence-electron chi connectivity index (χ2n) is 8.35. The Morgan fingerprint density at radius 2 is 1.84 bits per heavy atom. The normalized spacial score (nSPS) is 11.7. The highest BCUT2D eigenvalue weighted by molar-refractivity contribution is 9.10. The SMILES string of the molecule is CCn1c(SCC(=O)Nc2scc(-c3ccc(C)cc3)c2C(=O)OC)nnc1C(C)Oc1ccc(Br)cc1. The molecule has 0 saturated heterocycles. The van der Waals surface area contributed by atoms with E-state index in [9.17, 15) is 9.59 Å². The van der Waals surface area contributed by atoms with Crippen molar-refractivity contribution < 1.29 is 19.1 Å². The molecular formula is C27H27BrN4O4S2. The zero-order valence-corrected chi connectivity index (χ0v) is 24.6. The van der Waals surface area contributed by atoms with Crippen LogP contribution in [0.15, 0.2) is 63.5 Å². The van der Waals surface area contributed by atoms with Gasteiger partial charge in [0.1, 0.15) is 16.3 Å². The van der Waals surface area contributed by atoms with Gasteiger partial charge in [-0.05, 0) is 50.6 Å². The van der Waals surface area contributed by atoms with Crippen molar-refractivity contribution in [2.45, 2.75) is 38.6 Å². The van der Waals surface area contributed by atoms with Gasteiger partial charge in [0, 0.05) is 22.0 Å². The van der Waals surface area contributed by atoms with Crippen LogP contribution in [-0.2, 0) is 16.1 Å². The molecule has 4 rings (SSSR count). The second kappa shape index (κ2) is 12.6. The fraction of sp³-hybridized carbons (Fsp3) is 0.259. The zero-order valence-electron chi connectivity index (χ0n) is 21.4. The number of rotatable bonds is 10. The topological polar surface area (TPSA) is 95.3 Å². The van der Waals surface area contributed by atoms with Crippen LogP contribution < -0.4 is 10.1 Å². The van der Waals surface area contributed by atoms with Gasteiger partial charge in [-0.1, -0.05) is 57.5 Å². The number of anilines is 1. The predicted octanol–water partition coefficient (Wildman–Crippen LogP) is 6.75. The van der Waals surface area contributed by atoms with E-state index in [0.29, 0.717) is 28.1 Å². The second-order valence-corrected chi connectivity index (χ2v) is 11.1. The van der Waals surface area contributed by atoms with Crippen LogP contribution in [0.3, 0.4) is 0 Å². The number of nitrogens with one attached hydrogen (secondary N) is 1. The van der Waals surface area contributed by atoms with E-state index in [1.807, 2.05) is 79.2 Å². The van der Waals surface area contributed by atoms with Crippen molar-refractivity contribution in [3.63, 3.8) is 0 Å². The number of thioether (sulfide) groups is 1. The molecule has 0 aliphatic rings. The third kappa shape index (κ3) is 6.46. The van der Waals surface area contributed by atoms with E-state index in [1.54, 1.807) is 0 Å². The number of carbonyl (C=O) groups is 2. The van der Waals surface area contributed by atoms with E-state index >= 15 is 0 Å². The van der Waals surface area contributed by atoms with Crippen molar-refractivity contribution in [2.75, 3.05) is 18.2 Å². The van der Waals surface area contributed by atoms with E-state index in [0.717, 1.165) is 26.9 Å². The summed E-state index contributed by atoms with van der Waals surface area (Å²) in [5.74, 6) is 0.733.